The molecule has 0 amide bonds. The molecule has 1 heterocycles. The van der Waals surface area contributed by atoms with E-state index in [0.29, 0.717) is 16.7 Å². The second-order valence-corrected chi connectivity index (χ2v) is 10.9. The lowest BCUT2D eigenvalue weighted by Gasteiger charge is -2.21. The van der Waals surface area contributed by atoms with Gasteiger partial charge in [-0.05, 0) is 96.0 Å². The minimum Gasteiger partial charge on any atom is -0.456 e. The summed E-state index contributed by atoms with van der Waals surface area (Å²) in [6, 6.07) is 12.3. The molecule has 0 unspecified atom stereocenters. The van der Waals surface area contributed by atoms with E-state index in [4.69, 9.17) is 16.8 Å². The van der Waals surface area contributed by atoms with E-state index < -0.39 is 66.5 Å². The summed E-state index contributed by atoms with van der Waals surface area (Å²) in [7, 11) is 0. The molecule has 0 bridgehead atoms. The first-order chi connectivity index (χ1) is 24.2. The third-order valence-corrected chi connectivity index (χ3v) is 8.40. The summed E-state index contributed by atoms with van der Waals surface area (Å²) in [5.41, 5.74) is 6.08. The Morgan fingerprint density at radius 2 is 1.35 bits per heavy atom. The quantitative estimate of drug-likeness (QED) is 0.155. The highest BCUT2D eigenvalue weighted by molar-refractivity contribution is 6.20. The number of benzene rings is 7. The standard InChI is InChI=1S/C39H26O/c1-39(2)34-14-8-7-13-28(34)32-21-33-29-17-16-25(20-36(29)40-37(33)22-35(32)39)38-27-12-6-4-10-24(27)19-31-26-11-5-3-9-23(26)15-18-30(31)38/h3-22H,1-2H3/i3D,4D,5D,6D,9D,10D,11D,12D,15D,18D,19D. The van der Waals surface area contributed by atoms with Crippen LogP contribution in [0, 0.1) is 0 Å². The summed E-state index contributed by atoms with van der Waals surface area (Å²) in [6.07, 6.45) is 0. The summed E-state index contributed by atoms with van der Waals surface area (Å²) < 4.78 is 103. The first kappa shape index (κ1) is 14.0. The SMILES string of the molecule is [2H]c1c([2H])c([2H])c2c([2H])c3c(c([2H])c([2H])c4c([2H])c([2H])c([2H])c([2H])c43)c(-c3ccc4c(c3)oc3cc5c(cc34)-c3ccccc3C5(C)C)c2c1[2H]. The van der Waals surface area contributed by atoms with Crippen LogP contribution in [0.2, 0.25) is 0 Å². The van der Waals surface area contributed by atoms with E-state index >= 15 is 0 Å². The summed E-state index contributed by atoms with van der Waals surface area (Å²) in [5.74, 6) is 0. The molecule has 0 fully saturated rings. The van der Waals surface area contributed by atoms with Gasteiger partial charge in [-0.3, -0.25) is 0 Å². The molecule has 8 aromatic rings. The summed E-state index contributed by atoms with van der Waals surface area (Å²) in [4.78, 5) is 0. The first-order valence-corrected chi connectivity index (χ1v) is 13.1. The zero-order valence-electron chi connectivity index (χ0n) is 32.6. The lowest BCUT2D eigenvalue weighted by atomic mass is 9.82. The van der Waals surface area contributed by atoms with Crippen molar-refractivity contribution in [2.45, 2.75) is 19.3 Å². The average Bonchev–Trinajstić information content (AvgIpc) is 3.58. The molecule has 1 nitrogen and oxygen atoms in total. The molecule has 0 saturated carbocycles. The van der Waals surface area contributed by atoms with Gasteiger partial charge in [0.25, 0.3) is 0 Å². The van der Waals surface area contributed by atoms with Gasteiger partial charge in [-0.2, -0.15) is 0 Å². The molecule has 188 valence electrons. The largest absolute Gasteiger partial charge is 0.456 e. The number of hydrogen-bond acceptors (Lipinski definition) is 1. The Kier molecular flexibility index (Phi) is 2.66. The number of furan rings is 1. The Hall–Kier alpha value is -4.88. The van der Waals surface area contributed by atoms with Crippen molar-refractivity contribution in [2.24, 2.45) is 0 Å². The monoisotopic (exact) mass is 521 g/mol. The molecular formula is C39H26O. The van der Waals surface area contributed by atoms with Gasteiger partial charge in [0.2, 0.25) is 0 Å². The van der Waals surface area contributed by atoms with Crippen LogP contribution in [0.3, 0.4) is 0 Å². The van der Waals surface area contributed by atoms with Gasteiger partial charge in [-0.1, -0.05) is 105 Å². The smallest absolute Gasteiger partial charge is 0.136 e. The van der Waals surface area contributed by atoms with Crippen LogP contribution < -0.4 is 0 Å². The lowest BCUT2D eigenvalue weighted by Crippen LogP contribution is -2.14. The Morgan fingerprint density at radius 3 is 2.25 bits per heavy atom. The van der Waals surface area contributed by atoms with Crippen LogP contribution in [0.5, 0.6) is 0 Å². The molecule has 9 rings (SSSR count). The van der Waals surface area contributed by atoms with Gasteiger partial charge < -0.3 is 4.42 Å². The van der Waals surface area contributed by atoms with Crippen molar-refractivity contribution in [2.75, 3.05) is 0 Å². The zero-order valence-corrected chi connectivity index (χ0v) is 21.6. The topological polar surface area (TPSA) is 13.1 Å². The van der Waals surface area contributed by atoms with E-state index in [1.807, 2.05) is 18.2 Å². The van der Waals surface area contributed by atoms with E-state index in [2.05, 4.69) is 38.1 Å². The lowest BCUT2D eigenvalue weighted by molar-refractivity contribution is 0.647. The van der Waals surface area contributed by atoms with Crippen LogP contribution in [-0.4, -0.2) is 0 Å². The van der Waals surface area contributed by atoms with Crippen molar-refractivity contribution in [1.82, 2.24) is 0 Å². The summed E-state index contributed by atoms with van der Waals surface area (Å²) >= 11 is 0. The van der Waals surface area contributed by atoms with Crippen molar-refractivity contribution in [1.29, 1.82) is 0 Å². The van der Waals surface area contributed by atoms with Crippen LogP contribution in [-0.2, 0) is 5.41 Å². The molecule has 0 radical (unpaired) electrons. The fourth-order valence-corrected chi connectivity index (χ4v) is 6.48. The molecule has 0 spiro atoms. The number of hydrogen-bond donors (Lipinski definition) is 0. The Morgan fingerprint density at radius 1 is 0.575 bits per heavy atom. The highest BCUT2D eigenvalue weighted by Gasteiger charge is 2.36. The van der Waals surface area contributed by atoms with Crippen LogP contribution in [0.1, 0.15) is 40.1 Å². The first-order valence-electron chi connectivity index (χ1n) is 18.6. The third kappa shape index (κ3) is 2.82. The molecule has 1 aliphatic carbocycles. The summed E-state index contributed by atoms with van der Waals surface area (Å²) in [6.45, 7) is 4.36. The zero-order chi connectivity index (χ0) is 36.2. The van der Waals surface area contributed by atoms with Crippen molar-refractivity contribution in [3.63, 3.8) is 0 Å². The van der Waals surface area contributed by atoms with E-state index in [1.165, 1.54) is 5.56 Å². The fourth-order valence-electron chi connectivity index (χ4n) is 6.48. The molecule has 0 N–H and O–H groups in total. The second kappa shape index (κ2) is 7.61. The maximum Gasteiger partial charge on any atom is 0.136 e. The fraction of sp³-hybridized carbons (Fsp3) is 0.0769. The molecule has 0 aliphatic heterocycles. The maximum absolute atomic E-state index is 9.33. The van der Waals surface area contributed by atoms with E-state index in [-0.39, 0.29) is 43.3 Å². The van der Waals surface area contributed by atoms with Crippen LogP contribution >= 0.6 is 0 Å². The molecule has 7 aromatic carbocycles. The molecule has 1 aromatic heterocycles. The van der Waals surface area contributed by atoms with Gasteiger partial charge in [0.15, 0.2) is 0 Å². The van der Waals surface area contributed by atoms with Crippen molar-refractivity contribution in [3.05, 3.63) is 132 Å². The van der Waals surface area contributed by atoms with Crippen LogP contribution in [0.25, 0.3) is 76.5 Å². The van der Waals surface area contributed by atoms with Crippen molar-refractivity contribution in [3.8, 4) is 22.3 Å². The summed E-state index contributed by atoms with van der Waals surface area (Å²) in [5, 5.41) is 1.01. The molecular weight excluding hydrogens is 484 g/mol. The molecule has 1 heteroatoms. The normalized spacial score (nSPS) is 17.8. The van der Waals surface area contributed by atoms with Crippen molar-refractivity contribution < 1.29 is 19.5 Å². The van der Waals surface area contributed by atoms with Gasteiger partial charge in [-0.25, -0.2) is 0 Å². The predicted molar refractivity (Wildman–Crippen MR) is 169 cm³/mol. The van der Waals surface area contributed by atoms with E-state index in [1.54, 1.807) is 12.1 Å². The van der Waals surface area contributed by atoms with Crippen molar-refractivity contribution >= 4 is 54.3 Å². The Labute approximate surface area is 247 Å². The number of fused-ring (bicyclic) bond motifs is 10. The van der Waals surface area contributed by atoms with E-state index in [9.17, 15) is 2.74 Å². The average molecular weight is 522 g/mol. The van der Waals surface area contributed by atoms with Crippen LogP contribution in [0.15, 0.2) is 125 Å². The predicted octanol–water partition coefficient (Wildman–Crippen LogP) is 11.0. The minimum absolute atomic E-state index is 0.0205. The van der Waals surface area contributed by atoms with Gasteiger partial charge in [0.05, 0.1) is 15.1 Å². The highest BCUT2D eigenvalue weighted by atomic mass is 16.3. The Balaban J connectivity index is 1.45. The highest BCUT2D eigenvalue weighted by Crippen LogP contribution is 2.51. The third-order valence-electron chi connectivity index (χ3n) is 8.40. The van der Waals surface area contributed by atoms with Gasteiger partial charge in [0, 0.05) is 16.2 Å². The second-order valence-electron chi connectivity index (χ2n) is 10.9. The molecule has 1 aliphatic rings. The van der Waals surface area contributed by atoms with E-state index in [0.717, 1.165) is 27.5 Å². The van der Waals surface area contributed by atoms with Gasteiger partial charge in [0.1, 0.15) is 11.2 Å². The molecule has 0 saturated heterocycles. The maximum atomic E-state index is 9.33. The van der Waals surface area contributed by atoms with Crippen LogP contribution in [0.4, 0.5) is 0 Å². The minimum atomic E-state index is -0.581. The van der Waals surface area contributed by atoms with Gasteiger partial charge in [-0.15, -0.1) is 0 Å². The molecule has 40 heavy (non-hydrogen) atoms. The molecule has 0 atom stereocenters. The number of rotatable bonds is 1. The Bertz CT molecular complexity index is 2960. The van der Waals surface area contributed by atoms with Gasteiger partial charge >= 0.3 is 0 Å².